The molecule has 2 aliphatic heterocycles. The molecule has 0 atom stereocenters. The Kier molecular flexibility index (Phi) is 4.59. The first kappa shape index (κ1) is 17.8. The number of rotatable bonds is 0. The van der Waals surface area contributed by atoms with Crippen LogP contribution in [0.4, 0.5) is 13.2 Å². The Balaban J connectivity index is 0.000000200. The molecule has 2 fully saturated rings. The summed E-state index contributed by atoms with van der Waals surface area (Å²) < 4.78 is 37.5. The van der Waals surface area contributed by atoms with Crippen molar-refractivity contribution in [3.63, 3.8) is 0 Å². The fraction of sp³-hybridized carbons (Fsp3) is 1.00. The minimum Gasteiger partial charge on any atom is -0.292 e. The topological polar surface area (TPSA) is 6.48 Å². The molecule has 0 radical (unpaired) electrons. The van der Waals surface area contributed by atoms with E-state index in [9.17, 15) is 13.2 Å². The fourth-order valence-corrected chi connectivity index (χ4v) is 2.21. The first-order valence-electron chi connectivity index (χ1n) is 7.19. The van der Waals surface area contributed by atoms with Crippen molar-refractivity contribution in [2.45, 2.75) is 71.1 Å². The van der Waals surface area contributed by atoms with Gasteiger partial charge in [-0.05, 0) is 48.5 Å². The van der Waals surface area contributed by atoms with E-state index >= 15 is 0 Å². The molecule has 2 nitrogen and oxygen atoms in total. The van der Waals surface area contributed by atoms with E-state index in [1.807, 2.05) is 20.8 Å². The highest BCUT2D eigenvalue weighted by Gasteiger charge is 2.47. The van der Waals surface area contributed by atoms with Crippen molar-refractivity contribution >= 4 is 0 Å². The van der Waals surface area contributed by atoms with Crippen molar-refractivity contribution in [1.29, 1.82) is 0 Å². The van der Waals surface area contributed by atoms with Crippen molar-refractivity contribution in [1.82, 2.24) is 9.80 Å². The number of hydrogen-bond acceptors (Lipinski definition) is 2. The largest absolute Gasteiger partial charge is 0.292 e. The Morgan fingerprint density at radius 1 is 0.700 bits per heavy atom. The lowest BCUT2D eigenvalue weighted by atomic mass is 9.92. The summed E-state index contributed by atoms with van der Waals surface area (Å²) in [4.78, 5) is 3.92. The van der Waals surface area contributed by atoms with Gasteiger partial charge in [-0.1, -0.05) is 0 Å². The van der Waals surface area contributed by atoms with Gasteiger partial charge in [0.15, 0.2) is 0 Å². The van der Waals surface area contributed by atoms with Crippen molar-refractivity contribution in [3.8, 4) is 0 Å². The highest BCUT2D eigenvalue weighted by Crippen LogP contribution is 2.32. The zero-order chi connectivity index (χ0) is 16.0. The smallest absolute Gasteiger partial charge is 0.272 e. The van der Waals surface area contributed by atoms with Gasteiger partial charge in [-0.3, -0.25) is 9.80 Å². The molecule has 0 spiro atoms. The zero-order valence-corrected chi connectivity index (χ0v) is 13.9. The number of likely N-dealkylation sites (tertiary alicyclic amines) is 2. The van der Waals surface area contributed by atoms with Crippen LogP contribution in [0.15, 0.2) is 0 Å². The average molecular weight is 294 g/mol. The van der Waals surface area contributed by atoms with E-state index in [1.165, 1.54) is 0 Å². The Hall–Kier alpha value is -0.290. The number of halogens is 3. The highest BCUT2D eigenvalue weighted by atomic mass is 19.3. The molecule has 5 heteroatoms. The second-order valence-corrected chi connectivity index (χ2v) is 8.32. The molecule has 20 heavy (non-hydrogen) atoms. The third-order valence-corrected chi connectivity index (χ3v) is 3.78. The summed E-state index contributed by atoms with van der Waals surface area (Å²) >= 11 is 0. The van der Waals surface area contributed by atoms with Crippen LogP contribution in [-0.4, -0.2) is 58.6 Å². The lowest BCUT2D eigenvalue weighted by Crippen LogP contribution is -2.63. The van der Waals surface area contributed by atoms with Gasteiger partial charge in [0.1, 0.15) is 5.67 Å². The van der Waals surface area contributed by atoms with Crippen LogP contribution in [0.1, 0.15) is 48.5 Å². The van der Waals surface area contributed by atoms with Crippen LogP contribution in [0.3, 0.4) is 0 Å². The second-order valence-electron chi connectivity index (χ2n) is 8.32. The monoisotopic (exact) mass is 294 g/mol. The SMILES string of the molecule is CC(C)(C)N1CC(F)(F)C1.CC1(F)CN(C(C)(C)C)C1. The van der Waals surface area contributed by atoms with E-state index < -0.39 is 11.6 Å². The molecular formula is C15H29F3N2. The molecule has 2 saturated heterocycles. The summed E-state index contributed by atoms with van der Waals surface area (Å²) in [5.41, 5.74) is -0.874. The molecule has 2 heterocycles. The predicted octanol–water partition coefficient (Wildman–Crippen LogP) is 3.56. The van der Waals surface area contributed by atoms with Gasteiger partial charge in [-0.15, -0.1) is 0 Å². The Labute approximate surface area is 121 Å². The van der Waals surface area contributed by atoms with Crippen molar-refractivity contribution < 1.29 is 13.2 Å². The standard InChI is InChI=1S/C8H16FN.C7H13F2N/c1-7(2,3)10-5-8(4,9)6-10;1-6(2,3)10-4-7(8,9)5-10/h5-6H2,1-4H3;4-5H2,1-3H3. The van der Waals surface area contributed by atoms with E-state index in [0.29, 0.717) is 13.1 Å². The van der Waals surface area contributed by atoms with Crippen LogP contribution in [0.2, 0.25) is 0 Å². The molecule has 0 aromatic heterocycles. The van der Waals surface area contributed by atoms with E-state index in [2.05, 4.69) is 25.7 Å². The van der Waals surface area contributed by atoms with Crippen molar-refractivity contribution in [2.75, 3.05) is 26.2 Å². The molecule has 120 valence electrons. The number of alkyl halides is 3. The molecule has 0 N–H and O–H groups in total. The fourth-order valence-electron chi connectivity index (χ4n) is 2.21. The molecule has 2 aliphatic rings. The van der Waals surface area contributed by atoms with E-state index in [-0.39, 0.29) is 24.2 Å². The van der Waals surface area contributed by atoms with Crippen LogP contribution in [0, 0.1) is 0 Å². The molecule has 2 rings (SSSR count). The zero-order valence-electron chi connectivity index (χ0n) is 13.9. The summed E-state index contributed by atoms with van der Waals surface area (Å²) in [5.74, 6) is -2.42. The molecule has 0 bridgehead atoms. The molecular weight excluding hydrogens is 265 g/mol. The van der Waals surface area contributed by atoms with Gasteiger partial charge in [0.25, 0.3) is 5.92 Å². The number of hydrogen-bond donors (Lipinski definition) is 0. The van der Waals surface area contributed by atoms with Crippen LogP contribution >= 0.6 is 0 Å². The molecule has 0 saturated carbocycles. The van der Waals surface area contributed by atoms with Crippen LogP contribution in [-0.2, 0) is 0 Å². The first-order chi connectivity index (χ1) is 8.62. The van der Waals surface area contributed by atoms with Crippen LogP contribution in [0.25, 0.3) is 0 Å². The summed E-state index contributed by atoms with van der Waals surface area (Å²) in [6.45, 7) is 14.9. The third-order valence-electron chi connectivity index (χ3n) is 3.78. The molecule has 0 aromatic carbocycles. The van der Waals surface area contributed by atoms with Gasteiger partial charge in [-0.2, -0.15) is 0 Å². The Morgan fingerprint density at radius 3 is 1.10 bits per heavy atom. The van der Waals surface area contributed by atoms with E-state index in [1.54, 1.807) is 11.8 Å². The maximum Gasteiger partial charge on any atom is 0.272 e. The van der Waals surface area contributed by atoms with Gasteiger partial charge in [-0.25, -0.2) is 13.2 Å². The predicted molar refractivity (Wildman–Crippen MR) is 77.1 cm³/mol. The average Bonchev–Trinajstić information content (AvgIpc) is 2.08. The normalized spacial score (nSPS) is 26.1. The third kappa shape index (κ3) is 4.92. The van der Waals surface area contributed by atoms with Gasteiger partial charge in [0, 0.05) is 24.2 Å². The van der Waals surface area contributed by atoms with E-state index in [0.717, 1.165) is 0 Å². The lowest BCUT2D eigenvalue weighted by Gasteiger charge is -2.49. The van der Waals surface area contributed by atoms with Gasteiger partial charge >= 0.3 is 0 Å². The van der Waals surface area contributed by atoms with Crippen LogP contribution in [0.5, 0.6) is 0 Å². The minimum atomic E-state index is -2.42. The van der Waals surface area contributed by atoms with Crippen LogP contribution < -0.4 is 0 Å². The molecule has 0 aromatic rings. The van der Waals surface area contributed by atoms with E-state index in [4.69, 9.17) is 0 Å². The first-order valence-corrected chi connectivity index (χ1v) is 7.19. The Bertz CT molecular complexity index is 290. The van der Waals surface area contributed by atoms with Crippen molar-refractivity contribution in [2.24, 2.45) is 0 Å². The van der Waals surface area contributed by atoms with Gasteiger partial charge in [0.2, 0.25) is 0 Å². The summed E-state index contributed by atoms with van der Waals surface area (Å²) in [6, 6.07) is 0. The van der Waals surface area contributed by atoms with Gasteiger partial charge in [0.05, 0.1) is 13.1 Å². The lowest BCUT2D eigenvalue weighted by molar-refractivity contribution is -0.160. The summed E-state index contributed by atoms with van der Waals surface area (Å²) in [7, 11) is 0. The maximum atomic E-state index is 12.9. The van der Waals surface area contributed by atoms with Crippen molar-refractivity contribution in [3.05, 3.63) is 0 Å². The summed E-state index contributed by atoms with van der Waals surface area (Å²) in [5, 5.41) is 0. The highest BCUT2D eigenvalue weighted by molar-refractivity contribution is 4.97. The minimum absolute atomic E-state index is 0.0729. The summed E-state index contributed by atoms with van der Waals surface area (Å²) in [6.07, 6.45) is 0. The quantitative estimate of drug-likeness (QED) is 0.674. The second kappa shape index (κ2) is 5.16. The Morgan fingerprint density at radius 2 is 1.00 bits per heavy atom. The molecule has 0 amide bonds. The van der Waals surface area contributed by atoms with Gasteiger partial charge < -0.3 is 0 Å². The molecule has 0 aliphatic carbocycles. The molecule has 0 unspecified atom stereocenters. The number of nitrogens with zero attached hydrogens (tertiary/aromatic N) is 2. The maximum absolute atomic E-state index is 12.9.